The monoisotopic (exact) mass is 570 g/mol. The molecule has 0 spiro atoms. The Morgan fingerprint density at radius 2 is 1.42 bits per heavy atom. The highest BCUT2D eigenvalue weighted by Gasteiger charge is 2.13. The molecule has 1 aliphatic heterocycles. The van der Waals surface area contributed by atoms with Gasteiger partial charge in [-0.1, -0.05) is 24.3 Å². The Balaban J connectivity index is 0.00000385. The first-order valence-electron chi connectivity index (χ1n) is 10.8. The summed E-state index contributed by atoms with van der Waals surface area (Å²) in [6.07, 6.45) is 0. The molecule has 1 aliphatic rings. The average molecular weight is 570 g/mol. The molecular weight excluding hydrogens is 535 g/mol. The van der Waals surface area contributed by atoms with Gasteiger partial charge in [0.1, 0.15) is 0 Å². The normalized spacial score (nSPS) is 14.2. The summed E-state index contributed by atoms with van der Waals surface area (Å²) in [7, 11) is 6.58. The molecule has 0 amide bonds. The molecule has 2 N–H and O–H groups in total. The fraction of sp³-hybridized carbons (Fsp3) is 0.458. The van der Waals surface area contributed by atoms with E-state index in [1.807, 2.05) is 12.1 Å². The predicted octanol–water partition coefficient (Wildman–Crippen LogP) is 3.03. The van der Waals surface area contributed by atoms with E-state index in [0.717, 1.165) is 44.4 Å². The number of aliphatic imine (C=N–C) groups is 1. The van der Waals surface area contributed by atoms with Gasteiger partial charge in [0.05, 0.1) is 34.5 Å². The molecule has 2 aromatic carbocycles. The number of halogens is 1. The van der Waals surface area contributed by atoms with Gasteiger partial charge >= 0.3 is 0 Å². The van der Waals surface area contributed by atoms with Gasteiger partial charge in [-0.25, -0.2) is 0 Å². The van der Waals surface area contributed by atoms with Crippen LogP contribution >= 0.6 is 24.0 Å². The molecule has 0 aliphatic carbocycles. The maximum absolute atomic E-state index is 5.43. The van der Waals surface area contributed by atoms with Crippen molar-refractivity contribution in [3.05, 3.63) is 53.1 Å². The lowest BCUT2D eigenvalue weighted by Gasteiger charge is -2.26. The minimum atomic E-state index is 0. The summed E-state index contributed by atoms with van der Waals surface area (Å²) in [6, 6.07) is 12.6. The van der Waals surface area contributed by atoms with Crippen molar-refractivity contribution in [2.75, 3.05) is 54.7 Å². The van der Waals surface area contributed by atoms with Crippen LogP contribution in [0.15, 0.2) is 41.4 Å². The first kappa shape index (κ1) is 27.0. The summed E-state index contributed by atoms with van der Waals surface area (Å²) in [5.74, 6) is 2.56. The van der Waals surface area contributed by atoms with Crippen LogP contribution in [0.25, 0.3) is 0 Å². The zero-order valence-electron chi connectivity index (χ0n) is 19.8. The number of nitrogens with one attached hydrogen (secondary N) is 2. The summed E-state index contributed by atoms with van der Waals surface area (Å²) in [5.41, 5.74) is 3.52. The van der Waals surface area contributed by atoms with Crippen LogP contribution in [0, 0.1) is 0 Å². The number of rotatable bonds is 9. The summed E-state index contributed by atoms with van der Waals surface area (Å²) >= 11 is 0. The summed E-state index contributed by atoms with van der Waals surface area (Å²) < 4.78 is 21.7. The lowest BCUT2D eigenvalue weighted by atomic mass is 10.1. The fourth-order valence-electron chi connectivity index (χ4n) is 3.61. The third kappa shape index (κ3) is 7.94. The van der Waals surface area contributed by atoms with Crippen molar-refractivity contribution in [1.29, 1.82) is 0 Å². The van der Waals surface area contributed by atoms with E-state index in [1.165, 1.54) is 11.1 Å². The van der Waals surface area contributed by atoms with Crippen molar-refractivity contribution >= 4 is 29.9 Å². The Kier molecular flexibility index (Phi) is 11.6. The van der Waals surface area contributed by atoms with Crippen LogP contribution in [-0.4, -0.2) is 65.5 Å². The standard InChI is InChI=1S/C24H34N4O4.HI/c1-25-24(27-16-20-13-21(29-2)23(31-4)22(14-20)30-3)26-15-18-5-7-19(8-6-18)17-28-9-11-32-12-10-28;/h5-8,13-14H,9-12,15-17H2,1-4H3,(H2,25,26,27);1H. The fourth-order valence-corrected chi connectivity index (χ4v) is 3.61. The molecule has 0 radical (unpaired) electrons. The lowest BCUT2D eigenvalue weighted by Crippen LogP contribution is -2.36. The minimum Gasteiger partial charge on any atom is -0.493 e. The molecule has 0 aromatic heterocycles. The smallest absolute Gasteiger partial charge is 0.203 e. The number of morpholine rings is 1. The Hall–Kier alpha value is -2.24. The highest BCUT2D eigenvalue weighted by Crippen LogP contribution is 2.38. The third-order valence-electron chi connectivity index (χ3n) is 5.40. The van der Waals surface area contributed by atoms with Gasteiger partial charge in [-0.15, -0.1) is 24.0 Å². The number of guanidine groups is 1. The molecule has 1 heterocycles. The van der Waals surface area contributed by atoms with Crippen LogP contribution < -0.4 is 24.8 Å². The molecule has 0 saturated carbocycles. The summed E-state index contributed by atoms with van der Waals surface area (Å²) in [6.45, 7) is 5.86. The highest BCUT2D eigenvalue weighted by atomic mass is 127. The molecule has 2 aromatic rings. The van der Waals surface area contributed by atoms with Crippen molar-refractivity contribution < 1.29 is 18.9 Å². The first-order valence-corrected chi connectivity index (χ1v) is 10.8. The molecule has 182 valence electrons. The van der Waals surface area contributed by atoms with E-state index in [0.29, 0.717) is 30.3 Å². The van der Waals surface area contributed by atoms with E-state index >= 15 is 0 Å². The lowest BCUT2D eigenvalue weighted by molar-refractivity contribution is 0.0342. The summed E-state index contributed by atoms with van der Waals surface area (Å²) in [4.78, 5) is 6.74. The Labute approximate surface area is 213 Å². The average Bonchev–Trinajstić information content (AvgIpc) is 2.85. The summed E-state index contributed by atoms with van der Waals surface area (Å²) in [5, 5.41) is 6.69. The Morgan fingerprint density at radius 3 is 1.94 bits per heavy atom. The van der Waals surface area contributed by atoms with E-state index in [1.54, 1.807) is 28.4 Å². The SMILES string of the molecule is CN=C(NCc1ccc(CN2CCOCC2)cc1)NCc1cc(OC)c(OC)c(OC)c1.I. The maximum Gasteiger partial charge on any atom is 0.203 e. The number of methoxy groups -OCH3 is 3. The van der Waals surface area contributed by atoms with E-state index in [4.69, 9.17) is 18.9 Å². The molecule has 0 unspecified atom stereocenters. The zero-order valence-corrected chi connectivity index (χ0v) is 22.2. The topological polar surface area (TPSA) is 76.6 Å². The van der Waals surface area contributed by atoms with Crippen LogP contribution in [0.2, 0.25) is 0 Å². The van der Waals surface area contributed by atoms with Gasteiger partial charge in [0, 0.05) is 39.8 Å². The molecule has 0 bridgehead atoms. The second-order valence-corrected chi connectivity index (χ2v) is 7.52. The molecule has 9 heteroatoms. The van der Waals surface area contributed by atoms with Gasteiger partial charge in [0.25, 0.3) is 0 Å². The van der Waals surface area contributed by atoms with Crippen molar-refractivity contribution in [2.24, 2.45) is 4.99 Å². The van der Waals surface area contributed by atoms with Gasteiger partial charge in [-0.2, -0.15) is 0 Å². The number of benzene rings is 2. The van der Waals surface area contributed by atoms with Gasteiger partial charge in [-0.05, 0) is 28.8 Å². The largest absolute Gasteiger partial charge is 0.493 e. The number of nitrogens with zero attached hydrogens (tertiary/aromatic N) is 2. The molecule has 33 heavy (non-hydrogen) atoms. The predicted molar refractivity (Wildman–Crippen MR) is 141 cm³/mol. The van der Waals surface area contributed by atoms with Crippen LogP contribution in [0.3, 0.4) is 0 Å². The maximum atomic E-state index is 5.43. The van der Waals surface area contributed by atoms with Gasteiger partial charge in [-0.3, -0.25) is 9.89 Å². The van der Waals surface area contributed by atoms with Gasteiger partial charge in [0.15, 0.2) is 17.5 Å². The Bertz CT molecular complexity index is 862. The van der Waals surface area contributed by atoms with Crippen LogP contribution in [0.4, 0.5) is 0 Å². The van der Waals surface area contributed by atoms with Crippen LogP contribution in [-0.2, 0) is 24.4 Å². The molecule has 3 rings (SSSR count). The second-order valence-electron chi connectivity index (χ2n) is 7.52. The van der Waals surface area contributed by atoms with Crippen molar-refractivity contribution in [3.63, 3.8) is 0 Å². The van der Waals surface area contributed by atoms with Crippen LogP contribution in [0.5, 0.6) is 17.2 Å². The van der Waals surface area contributed by atoms with E-state index in [2.05, 4.69) is 44.8 Å². The Morgan fingerprint density at radius 1 is 0.879 bits per heavy atom. The first-order chi connectivity index (χ1) is 15.7. The van der Waals surface area contributed by atoms with Crippen LogP contribution in [0.1, 0.15) is 16.7 Å². The quantitative estimate of drug-likeness (QED) is 0.273. The number of hydrogen-bond donors (Lipinski definition) is 2. The third-order valence-corrected chi connectivity index (χ3v) is 5.40. The zero-order chi connectivity index (χ0) is 22.8. The number of ether oxygens (including phenoxy) is 4. The molecule has 8 nitrogen and oxygen atoms in total. The molecule has 1 saturated heterocycles. The van der Waals surface area contributed by atoms with E-state index in [9.17, 15) is 0 Å². The molecule has 0 atom stereocenters. The van der Waals surface area contributed by atoms with E-state index in [-0.39, 0.29) is 24.0 Å². The van der Waals surface area contributed by atoms with Crippen molar-refractivity contribution in [1.82, 2.24) is 15.5 Å². The van der Waals surface area contributed by atoms with Gasteiger partial charge < -0.3 is 29.6 Å². The number of hydrogen-bond acceptors (Lipinski definition) is 6. The highest BCUT2D eigenvalue weighted by molar-refractivity contribution is 14.0. The van der Waals surface area contributed by atoms with E-state index < -0.39 is 0 Å². The van der Waals surface area contributed by atoms with Crippen molar-refractivity contribution in [2.45, 2.75) is 19.6 Å². The molecule has 1 fully saturated rings. The van der Waals surface area contributed by atoms with Gasteiger partial charge in [0.2, 0.25) is 5.75 Å². The molecular formula is C24H35IN4O4. The second kappa shape index (κ2) is 14.1. The minimum absolute atomic E-state index is 0. The van der Waals surface area contributed by atoms with Crippen molar-refractivity contribution in [3.8, 4) is 17.2 Å².